The summed E-state index contributed by atoms with van der Waals surface area (Å²) in [6, 6.07) is 18.8. The van der Waals surface area contributed by atoms with Crippen LogP contribution in [-0.2, 0) is 20.6 Å². The Morgan fingerprint density at radius 3 is 2.25 bits per heavy atom. The van der Waals surface area contributed by atoms with Crippen molar-refractivity contribution in [2.45, 2.75) is 10.9 Å². The standard InChI is InChI=1S/C22H25N5O3S2/c23-27-15-20(19-9-5-2-6-10-19)24-22(27)31-16-21(28)25-11-13-26(14-12-25)32(29,30)17-18-7-3-1-4-8-18/h1-10,15H,11-14,16-17,23H2. The number of rotatable bonds is 7. The topological polar surface area (TPSA) is 102 Å². The zero-order valence-corrected chi connectivity index (χ0v) is 19.1. The number of nitrogens with zero attached hydrogens (tertiary/aromatic N) is 4. The first kappa shape index (κ1) is 22.4. The largest absolute Gasteiger partial charge is 0.339 e. The molecule has 0 radical (unpaired) electrons. The molecule has 0 unspecified atom stereocenters. The van der Waals surface area contributed by atoms with Crippen molar-refractivity contribution in [3.63, 3.8) is 0 Å². The molecule has 0 atom stereocenters. The normalized spacial score (nSPS) is 15.1. The first-order valence-corrected chi connectivity index (χ1v) is 12.8. The molecule has 2 N–H and O–H groups in total. The Bertz CT molecular complexity index is 1160. The van der Waals surface area contributed by atoms with E-state index < -0.39 is 10.0 Å². The second-order valence-electron chi connectivity index (χ2n) is 7.49. The van der Waals surface area contributed by atoms with E-state index in [9.17, 15) is 13.2 Å². The molecule has 10 heteroatoms. The third-order valence-electron chi connectivity index (χ3n) is 5.27. The van der Waals surface area contributed by atoms with Gasteiger partial charge in [0.15, 0.2) is 5.16 Å². The summed E-state index contributed by atoms with van der Waals surface area (Å²) >= 11 is 1.28. The molecule has 0 spiro atoms. The minimum atomic E-state index is -3.41. The molecule has 2 aromatic carbocycles. The number of sulfonamides is 1. The number of aromatic nitrogens is 2. The van der Waals surface area contributed by atoms with Gasteiger partial charge in [-0.25, -0.2) is 18.1 Å². The quantitative estimate of drug-likeness (QED) is 0.418. The van der Waals surface area contributed by atoms with Crippen LogP contribution in [0.1, 0.15) is 5.56 Å². The average molecular weight is 472 g/mol. The van der Waals surface area contributed by atoms with Crippen molar-refractivity contribution in [3.8, 4) is 11.3 Å². The molecule has 8 nitrogen and oxygen atoms in total. The van der Waals surface area contributed by atoms with Crippen LogP contribution in [0.25, 0.3) is 11.3 Å². The van der Waals surface area contributed by atoms with E-state index >= 15 is 0 Å². The highest BCUT2D eigenvalue weighted by molar-refractivity contribution is 7.99. The molecule has 3 aromatic rings. The molecule has 1 saturated heterocycles. The summed E-state index contributed by atoms with van der Waals surface area (Å²) in [6.45, 7) is 1.35. The molecule has 1 aromatic heterocycles. The van der Waals surface area contributed by atoms with E-state index in [-0.39, 0.29) is 17.4 Å². The molecular formula is C22H25N5O3S2. The average Bonchev–Trinajstić information content (AvgIpc) is 3.19. The highest BCUT2D eigenvalue weighted by Crippen LogP contribution is 2.23. The maximum Gasteiger partial charge on any atom is 0.233 e. The lowest BCUT2D eigenvalue weighted by Gasteiger charge is -2.34. The van der Waals surface area contributed by atoms with Gasteiger partial charge in [0.2, 0.25) is 15.9 Å². The van der Waals surface area contributed by atoms with E-state index in [1.165, 1.54) is 20.7 Å². The predicted octanol–water partition coefficient (Wildman–Crippen LogP) is 2.03. The van der Waals surface area contributed by atoms with Crippen molar-refractivity contribution in [2.75, 3.05) is 37.8 Å². The Morgan fingerprint density at radius 1 is 0.969 bits per heavy atom. The molecule has 1 aliphatic heterocycles. The summed E-state index contributed by atoms with van der Waals surface area (Å²) in [5.41, 5.74) is 2.47. The lowest BCUT2D eigenvalue weighted by molar-refractivity contribution is -0.129. The molecule has 0 saturated carbocycles. The van der Waals surface area contributed by atoms with E-state index in [1.54, 1.807) is 23.2 Å². The number of hydrogen-bond donors (Lipinski definition) is 1. The van der Waals surface area contributed by atoms with Gasteiger partial charge >= 0.3 is 0 Å². The molecule has 1 fully saturated rings. The van der Waals surface area contributed by atoms with Crippen molar-refractivity contribution in [1.82, 2.24) is 18.9 Å². The highest BCUT2D eigenvalue weighted by atomic mass is 32.2. The van der Waals surface area contributed by atoms with Crippen LogP contribution in [-0.4, -0.2) is 65.1 Å². The SMILES string of the molecule is Nn1cc(-c2ccccc2)nc1SCC(=O)N1CCN(S(=O)(=O)Cc2ccccc2)CC1. The van der Waals surface area contributed by atoms with Crippen LogP contribution in [0.2, 0.25) is 0 Å². The Labute approximate surface area is 192 Å². The minimum Gasteiger partial charge on any atom is -0.339 e. The van der Waals surface area contributed by atoms with Gasteiger partial charge in [-0.3, -0.25) is 4.79 Å². The van der Waals surface area contributed by atoms with E-state index in [1.807, 2.05) is 48.5 Å². The summed E-state index contributed by atoms with van der Waals surface area (Å²) in [4.78, 5) is 18.9. The number of piperazine rings is 1. The minimum absolute atomic E-state index is 0.0272. The fourth-order valence-corrected chi connectivity index (χ4v) is 5.86. The van der Waals surface area contributed by atoms with Gasteiger partial charge in [0.25, 0.3) is 0 Å². The number of hydrogen-bond acceptors (Lipinski definition) is 6. The predicted molar refractivity (Wildman–Crippen MR) is 126 cm³/mol. The number of carbonyl (C=O) groups excluding carboxylic acids is 1. The Morgan fingerprint density at radius 2 is 1.59 bits per heavy atom. The van der Waals surface area contributed by atoms with E-state index in [4.69, 9.17) is 5.84 Å². The smallest absolute Gasteiger partial charge is 0.233 e. The molecular weight excluding hydrogens is 446 g/mol. The second-order valence-corrected chi connectivity index (χ2v) is 10.4. The van der Waals surface area contributed by atoms with Crippen LogP contribution >= 0.6 is 11.8 Å². The number of amides is 1. The zero-order chi connectivity index (χ0) is 22.6. The Kier molecular flexibility index (Phi) is 6.83. The first-order valence-electron chi connectivity index (χ1n) is 10.2. The number of benzene rings is 2. The highest BCUT2D eigenvalue weighted by Gasteiger charge is 2.29. The number of thioether (sulfide) groups is 1. The van der Waals surface area contributed by atoms with E-state index in [2.05, 4.69) is 4.98 Å². The molecule has 2 heterocycles. The maximum atomic E-state index is 12.7. The summed E-state index contributed by atoms with van der Waals surface area (Å²) in [6.07, 6.45) is 1.73. The molecule has 0 bridgehead atoms. The van der Waals surface area contributed by atoms with Gasteiger partial charge in [-0.15, -0.1) is 0 Å². The molecule has 4 rings (SSSR count). The molecule has 1 aliphatic rings. The van der Waals surface area contributed by atoms with Gasteiger partial charge in [0.1, 0.15) is 0 Å². The third kappa shape index (κ3) is 5.32. The lowest BCUT2D eigenvalue weighted by atomic mass is 10.2. The lowest BCUT2D eigenvalue weighted by Crippen LogP contribution is -2.51. The molecule has 0 aliphatic carbocycles. The van der Waals surface area contributed by atoms with Gasteiger partial charge in [0.05, 0.1) is 23.4 Å². The third-order valence-corrected chi connectivity index (χ3v) is 8.07. The fraction of sp³-hybridized carbons (Fsp3) is 0.273. The van der Waals surface area contributed by atoms with Gasteiger partial charge in [-0.2, -0.15) is 4.31 Å². The van der Waals surface area contributed by atoms with Crippen molar-refractivity contribution < 1.29 is 13.2 Å². The molecule has 32 heavy (non-hydrogen) atoms. The van der Waals surface area contributed by atoms with Crippen LogP contribution in [0.5, 0.6) is 0 Å². The van der Waals surface area contributed by atoms with Crippen LogP contribution in [0.15, 0.2) is 72.0 Å². The van der Waals surface area contributed by atoms with Gasteiger partial charge in [-0.05, 0) is 5.56 Å². The summed E-state index contributed by atoms with van der Waals surface area (Å²) in [5, 5.41) is 0.557. The summed E-state index contributed by atoms with van der Waals surface area (Å²) in [7, 11) is -3.41. The number of carbonyl (C=O) groups is 1. The van der Waals surface area contributed by atoms with Crippen LogP contribution < -0.4 is 5.84 Å². The van der Waals surface area contributed by atoms with Crippen molar-refractivity contribution in [1.29, 1.82) is 0 Å². The van der Waals surface area contributed by atoms with Crippen LogP contribution in [0, 0.1) is 0 Å². The monoisotopic (exact) mass is 471 g/mol. The van der Waals surface area contributed by atoms with Crippen molar-refractivity contribution in [3.05, 3.63) is 72.4 Å². The van der Waals surface area contributed by atoms with Crippen molar-refractivity contribution in [2.24, 2.45) is 0 Å². The number of nitrogens with two attached hydrogens (primary N) is 1. The number of imidazole rings is 1. The summed E-state index contributed by atoms with van der Waals surface area (Å²) in [5.74, 6) is 6.12. The van der Waals surface area contributed by atoms with E-state index in [0.717, 1.165) is 16.8 Å². The van der Waals surface area contributed by atoms with Crippen LogP contribution in [0.3, 0.4) is 0 Å². The molecule has 168 valence electrons. The Hall–Kier alpha value is -2.82. The fourth-order valence-electron chi connectivity index (χ4n) is 3.54. The van der Waals surface area contributed by atoms with Gasteiger partial charge in [0, 0.05) is 31.7 Å². The second kappa shape index (κ2) is 9.76. The molecule has 1 amide bonds. The maximum absolute atomic E-state index is 12.7. The van der Waals surface area contributed by atoms with Crippen molar-refractivity contribution >= 4 is 27.7 Å². The summed E-state index contributed by atoms with van der Waals surface area (Å²) < 4.78 is 28.3. The Balaban J connectivity index is 1.29. The van der Waals surface area contributed by atoms with Gasteiger partial charge < -0.3 is 10.7 Å². The first-order chi connectivity index (χ1) is 15.4. The zero-order valence-electron chi connectivity index (χ0n) is 17.5. The van der Waals surface area contributed by atoms with E-state index in [0.29, 0.717) is 31.3 Å². The van der Waals surface area contributed by atoms with Crippen LogP contribution in [0.4, 0.5) is 0 Å². The number of nitrogen functional groups attached to an aromatic ring is 1. The van der Waals surface area contributed by atoms with Gasteiger partial charge in [-0.1, -0.05) is 72.4 Å².